The summed E-state index contributed by atoms with van der Waals surface area (Å²) in [4.78, 5) is 11.7. The summed E-state index contributed by atoms with van der Waals surface area (Å²) in [6, 6.07) is 8.28. The molecule has 0 N–H and O–H groups in total. The molecule has 0 heterocycles. The highest BCUT2D eigenvalue weighted by atomic mass is 16.5. The molecule has 2 nitrogen and oxygen atoms in total. The zero-order valence-electron chi connectivity index (χ0n) is 10.9. The van der Waals surface area contributed by atoms with Crippen LogP contribution in [0.25, 0.3) is 0 Å². The number of ketones is 1. The van der Waals surface area contributed by atoms with Gasteiger partial charge in [0.25, 0.3) is 0 Å². The Balaban J connectivity index is 2.29. The van der Waals surface area contributed by atoms with Gasteiger partial charge >= 0.3 is 0 Å². The van der Waals surface area contributed by atoms with Crippen molar-refractivity contribution in [2.75, 3.05) is 13.2 Å². The summed E-state index contributed by atoms with van der Waals surface area (Å²) in [6.45, 7) is 5.50. The zero-order chi connectivity index (χ0) is 12.5. The van der Waals surface area contributed by atoms with E-state index < -0.39 is 0 Å². The number of carbonyl (C=O) groups excluding carboxylic acids is 1. The molecule has 0 aliphatic carbocycles. The molecule has 0 bridgehead atoms. The van der Waals surface area contributed by atoms with Gasteiger partial charge in [-0.3, -0.25) is 4.79 Å². The molecule has 1 aromatic carbocycles. The van der Waals surface area contributed by atoms with E-state index in [4.69, 9.17) is 4.74 Å². The Kier molecular flexibility index (Phi) is 6.56. The molecule has 2 heteroatoms. The van der Waals surface area contributed by atoms with Crippen molar-refractivity contribution in [1.82, 2.24) is 0 Å². The fourth-order valence-corrected chi connectivity index (χ4v) is 1.64. The normalized spacial score (nSPS) is 10.5. The molecule has 0 radical (unpaired) electrons. The van der Waals surface area contributed by atoms with E-state index in [0.29, 0.717) is 19.4 Å². The Morgan fingerprint density at radius 2 is 1.71 bits per heavy atom. The van der Waals surface area contributed by atoms with Gasteiger partial charge in [0, 0.05) is 19.4 Å². The number of hydrogen-bond donors (Lipinski definition) is 0. The van der Waals surface area contributed by atoms with Crippen molar-refractivity contribution in [3.63, 3.8) is 0 Å². The summed E-state index contributed by atoms with van der Waals surface area (Å²) in [5.41, 5.74) is 2.41. The highest BCUT2D eigenvalue weighted by Gasteiger charge is 2.03. The van der Waals surface area contributed by atoms with Crippen LogP contribution in [0, 0.1) is 0 Å². The van der Waals surface area contributed by atoms with Crippen LogP contribution in [0.3, 0.4) is 0 Å². The SMILES string of the molecule is CCCOCCC(=O)Cc1ccc(CC)cc1. The Hall–Kier alpha value is -1.15. The molecule has 0 fully saturated rings. The quantitative estimate of drug-likeness (QED) is 0.646. The highest BCUT2D eigenvalue weighted by Crippen LogP contribution is 2.07. The molecule has 1 aromatic rings. The van der Waals surface area contributed by atoms with Gasteiger partial charge in [0.2, 0.25) is 0 Å². The minimum absolute atomic E-state index is 0.255. The van der Waals surface area contributed by atoms with E-state index in [9.17, 15) is 4.79 Å². The van der Waals surface area contributed by atoms with Gasteiger partial charge in [0.15, 0.2) is 0 Å². The van der Waals surface area contributed by atoms with Crippen LogP contribution in [0.2, 0.25) is 0 Å². The van der Waals surface area contributed by atoms with Crippen LogP contribution in [0.5, 0.6) is 0 Å². The van der Waals surface area contributed by atoms with Crippen LogP contribution in [-0.4, -0.2) is 19.0 Å². The van der Waals surface area contributed by atoms with Crippen LogP contribution >= 0.6 is 0 Å². The minimum atomic E-state index is 0.255. The molecule has 0 aromatic heterocycles. The lowest BCUT2D eigenvalue weighted by atomic mass is 10.0. The molecule has 17 heavy (non-hydrogen) atoms. The summed E-state index contributed by atoms with van der Waals surface area (Å²) in [6.07, 6.45) is 3.10. The lowest BCUT2D eigenvalue weighted by molar-refractivity contribution is -0.119. The Morgan fingerprint density at radius 1 is 1.06 bits per heavy atom. The largest absolute Gasteiger partial charge is 0.381 e. The zero-order valence-corrected chi connectivity index (χ0v) is 10.9. The van der Waals surface area contributed by atoms with Crippen LogP contribution in [0.4, 0.5) is 0 Å². The van der Waals surface area contributed by atoms with E-state index in [2.05, 4.69) is 26.0 Å². The van der Waals surface area contributed by atoms with Crippen molar-refractivity contribution in [2.45, 2.75) is 39.5 Å². The molecule has 0 aliphatic heterocycles. The molecule has 0 spiro atoms. The number of carbonyl (C=O) groups is 1. The lowest BCUT2D eigenvalue weighted by Gasteiger charge is -2.03. The van der Waals surface area contributed by atoms with Gasteiger partial charge in [0.1, 0.15) is 5.78 Å². The van der Waals surface area contributed by atoms with Crippen LogP contribution < -0.4 is 0 Å². The second kappa shape index (κ2) is 8.02. The van der Waals surface area contributed by atoms with Gasteiger partial charge in [0.05, 0.1) is 6.61 Å². The van der Waals surface area contributed by atoms with E-state index in [1.54, 1.807) is 0 Å². The third-order valence-electron chi connectivity index (χ3n) is 2.71. The number of hydrogen-bond acceptors (Lipinski definition) is 2. The molecule has 0 amide bonds. The number of ether oxygens (including phenoxy) is 1. The van der Waals surface area contributed by atoms with Crippen LogP contribution in [0.1, 0.15) is 37.8 Å². The van der Waals surface area contributed by atoms with E-state index in [0.717, 1.165) is 25.0 Å². The fraction of sp³-hybridized carbons (Fsp3) is 0.533. The number of rotatable bonds is 8. The van der Waals surface area contributed by atoms with Gasteiger partial charge in [-0.1, -0.05) is 38.1 Å². The number of Topliss-reactive ketones (excluding diaryl/α,β-unsaturated/α-hetero) is 1. The molecule has 0 saturated carbocycles. The predicted octanol–water partition coefficient (Wildman–Crippen LogP) is 3.18. The van der Waals surface area contributed by atoms with Crippen LogP contribution in [0.15, 0.2) is 24.3 Å². The van der Waals surface area contributed by atoms with Crippen LogP contribution in [-0.2, 0) is 22.4 Å². The topological polar surface area (TPSA) is 26.3 Å². The van der Waals surface area contributed by atoms with Crippen molar-refractivity contribution >= 4 is 5.78 Å². The Labute approximate surface area is 104 Å². The van der Waals surface area contributed by atoms with E-state index in [1.807, 2.05) is 12.1 Å². The first-order valence-corrected chi connectivity index (χ1v) is 6.43. The smallest absolute Gasteiger partial charge is 0.139 e. The maximum atomic E-state index is 11.7. The molecule has 0 unspecified atom stereocenters. The number of benzene rings is 1. The third-order valence-corrected chi connectivity index (χ3v) is 2.71. The third kappa shape index (κ3) is 5.64. The van der Waals surface area contributed by atoms with E-state index in [1.165, 1.54) is 5.56 Å². The van der Waals surface area contributed by atoms with Gasteiger partial charge in [-0.15, -0.1) is 0 Å². The van der Waals surface area contributed by atoms with Gasteiger partial charge < -0.3 is 4.74 Å². The maximum Gasteiger partial charge on any atom is 0.139 e. The van der Waals surface area contributed by atoms with E-state index >= 15 is 0 Å². The molecular weight excluding hydrogens is 212 g/mol. The summed E-state index contributed by atoms with van der Waals surface area (Å²) in [7, 11) is 0. The molecule has 0 aliphatic rings. The first kappa shape index (κ1) is 13.9. The van der Waals surface area contributed by atoms with Gasteiger partial charge in [-0.05, 0) is 24.0 Å². The van der Waals surface area contributed by atoms with Crippen molar-refractivity contribution in [3.05, 3.63) is 35.4 Å². The fourth-order valence-electron chi connectivity index (χ4n) is 1.64. The molecule has 0 atom stereocenters. The Bertz CT molecular complexity index is 327. The average molecular weight is 234 g/mol. The average Bonchev–Trinajstić information content (AvgIpc) is 2.36. The monoisotopic (exact) mass is 234 g/mol. The highest BCUT2D eigenvalue weighted by molar-refractivity contribution is 5.80. The van der Waals surface area contributed by atoms with Crippen molar-refractivity contribution in [3.8, 4) is 0 Å². The Morgan fingerprint density at radius 3 is 2.29 bits per heavy atom. The lowest BCUT2D eigenvalue weighted by Crippen LogP contribution is -2.07. The summed E-state index contributed by atoms with van der Waals surface area (Å²) >= 11 is 0. The first-order valence-electron chi connectivity index (χ1n) is 6.43. The molecule has 0 saturated heterocycles. The van der Waals surface area contributed by atoms with Crippen molar-refractivity contribution in [1.29, 1.82) is 0 Å². The molecular formula is C15H22O2. The van der Waals surface area contributed by atoms with Crippen molar-refractivity contribution in [2.24, 2.45) is 0 Å². The second-order valence-corrected chi connectivity index (χ2v) is 4.25. The minimum Gasteiger partial charge on any atom is -0.381 e. The summed E-state index contributed by atoms with van der Waals surface area (Å²) in [5, 5.41) is 0. The first-order chi connectivity index (χ1) is 8.26. The molecule has 1 rings (SSSR count). The second-order valence-electron chi connectivity index (χ2n) is 4.25. The predicted molar refractivity (Wildman–Crippen MR) is 70.3 cm³/mol. The number of aryl methyl sites for hydroxylation is 1. The maximum absolute atomic E-state index is 11.7. The summed E-state index contributed by atoms with van der Waals surface area (Å²) in [5.74, 6) is 0.255. The van der Waals surface area contributed by atoms with Gasteiger partial charge in [-0.2, -0.15) is 0 Å². The van der Waals surface area contributed by atoms with Crippen molar-refractivity contribution < 1.29 is 9.53 Å². The van der Waals surface area contributed by atoms with E-state index in [-0.39, 0.29) is 5.78 Å². The summed E-state index contributed by atoms with van der Waals surface area (Å²) < 4.78 is 5.31. The standard InChI is InChI=1S/C15H22O2/c1-3-10-17-11-9-15(16)12-14-7-5-13(4-2)6-8-14/h5-8H,3-4,9-12H2,1-2H3. The van der Waals surface area contributed by atoms with Gasteiger partial charge in [-0.25, -0.2) is 0 Å². The molecule has 94 valence electrons.